The van der Waals surface area contributed by atoms with Crippen LogP contribution in [0, 0.1) is 5.92 Å². The Morgan fingerprint density at radius 1 is 1.52 bits per heavy atom. The Kier molecular flexibility index (Phi) is 5.85. The highest BCUT2D eigenvalue weighted by Gasteiger charge is 2.22. The lowest BCUT2D eigenvalue weighted by Gasteiger charge is -2.15. The van der Waals surface area contributed by atoms with Crippen molar-refractivity contribution in [2.24, 2.45) is 5.92 Å². The number of nitrogen functional groups attached to an aromatic ring is 1. The van der Waals surface area contributed by atoms with Crippen LogP contribution in [0.15, 0.2) is 18.2 Å². The number of nitrogens with one attached hydrogen (secondary N) is 1. The molecule has 2 rings (SSSR count). The summed E-state index contributed by atoms with van der Waals surface area (Å²) in [7, 11) is 0. The van der Waals surface area contributed by atoms with Crippen molar-refractivity contribution < 1.29 is 9.90 Å². The van der Waals surface area contributed by atoms with Crippen molar-refractivity contribution in [3.63, 3.8) is 0 Å². The zero-order valence-corrected chi connectivity index (χ0v) is 12.8. The van der Waals surface area contributed by atoms with E-state index in [4.69, 9.17) is 22.4 Å². The smallest absolute Gasteiger partial charge is 0.225 e. The number of nitrogens with zero attached hydrogens (tertiary/aromatic N) is 1. The van der Waals surface area contributed by atoms with Gasteiger partial charge in [-0.1, -0.05) is 11.6 Å². The van der Waals surface area contributed by atoms with Gasteiger partial charge in [-0.25, -0.2) is 0 Å². The van der Waals surface area contributed by atoms with Gasteiger partial charge in [0.25, 0.3) is 0 Å². The van der Waals surface area contributed by atoms with E-state index in [0.29, 0.717) is 28.7 Å². The number of carbonyl (C=O) groups is 1. The number of aliphatic hydroxyl groups excluding tert-OH is 1. The zero-order valence-electron chi connectivity index (χ0n) is 12.0. The molecule has 0 spiro atoms. The molecule has 116 valence electrons. The van der Waals surface area contributed by atoms with E-state index in [2.05, 4.69) is 10.2 Å². The third kappa shape index (κ3) is 4.88. The van der Waals surface area contributed by atoms with E-state index in [1.54, 1.807) is 18.2 Å². The molecule has 0 radical (unpaired) electrons. The second kappa shape index (κ2) is 7.64. The van der Waals surface area contributed by atoms with E-state index >= 15 is 0 Å². The number of amides is 1. The summed E-state index contributed by atoms with van der Waals surface area (Å²) in [5.74, 6) is 0.514. The van der Waals surface area contributed by atoms with Crippen LogP contribution in [0.4, 0.5) is 11.4 Å². The number of anilines is 2. The molecular formula is C15H22ClN3O2. The van der Waals surface area contributed by atoms with Gasteiger partial charge in [-0.05, 0) is 43.5 Å². The molecule has 1 amide bonds. The first-order chi connectivity index (χ1) is 10.1. The van der Waals surface area contributed by atoms with Crippen LogP contribution in [0.5, 0.6) is 0 Å². The highest BCUT2D eigenvalue weighted by Crippen LogP contribution is 2.23. The minimum Gasteiger partial charge on any atom is -0.397 e. The number of benzene rings is 1. The van der Waals surface area contributed by atoms with Crippen LogP contribution in [-0.4, -0.2) is 42.2 Å². The van der Waals surface area contributed by atoms with Crippen molar-refractivity contribution in [2.75, 3.05) is 37.3 Å². The van der Waals surface area contributed by atoms with Crippen LogP contribution in [0.3, 0.4) is 0 Å². The summed E-state index contributed by atoms with van der Waals surface area (Å²) in [5.41, 5.74) is 6.88. The maximum Gasteiger partial charge on any atom is 0.225 e. The van der Waals surface area contributed by atoms with Crippen LogP contribution >= 0.6 is 11.6 Å². The molecule has 5 nitrogen and oxygen atoms in total. The first-order valence-corrected chi connectivity index (χ1v) is 7.64. The highest BCUT2D eigenvalue weighted by atomic mass is 35.5. The van der Waals surface area contributed by atoms with Crippen molar-refractivity contribution in [3.05, 3.63) is 23.2 Å². The number of hydrogen-bond donors (Lipinski definition) is 3. The Hall–Kier alpha value is -1.30. The van der Waals surface area contributed by atoms with Crippen molar-refractivity contribution in [3.8, 4) is 0 Å². The highest BCUT2D eigenvalue weighted by molar-refractivity contribution is 6.31. The topological polar surface area (TPSA) is 78.6 Å². The standard InChI is InChI=1S/C15H22ClN3O2/c16-12-1-2-14(13(17)9-12)18-15(21)4-7-19-6-3-11(10-19)5-8-20/h1-2,9,11,20H,3-8,10,17H2,(H,18,21). The van der Waals surface area contributed by atoms with Gasteiger partial charge in [0.15, 0.2) is 0 Å². The molecule has 21 heavy (non-hydrogen) atoms. The van der Waals surface area contributed by atoms with E-state index in [1.165, 1.54) is 0 Å². The second-order valence-corrected chi connectivity index (χ2v) is 5.93. The van der Waals surface area contributed by atoms with Gasteiger partial charge in [-0.3, -0.25) is 4.79 Å². The molecule has 1 saturated heterocycles. The minimum atomic E-state index is -0.0466. The maximum absolute atomic E-state index is 11.9. The van der Waals surface area contributed by atoms with Crippen LogP contribution in [0.1, 0.15) is 19.3 Å². The molecule has 0 bridgehead atoms. The Morgan fingerprint density at radius 3 is 3.05 bits per heavy atom. The Balaban J connectivity index is 1.75. The molecule has 1 aliphatic rings. The molecule has 1 atom stereocenters. The maximum atomic E-state index is 11.9. The first kappa shape index (κ1) is 16.1. The predicted octanol–water partition coefficient (Wildman–Crippen LogP) is 1.96. The van der Waals surface area contributed by atoms with E-state index in [9.17, 15) is 4.79 Å². The van der Waals surface area contributed by atoms with Crippen molar-refractivity contribution in [1.29, 1.82) is 0 Å². The lowest BCUT2D eigenvalue weighted by molar-refractivity contribution is -0.116. The summed E-state index contributed by atoms with van der Waals surface area (Å²) in [6, 6.07) is 5.04. The summed E-state index contributed by atoms with van der Waals surface area (Å²) in [6.45, 7) is 2.95. The van der Waals surface area contributed by atoms with Crippen molar-refractivity contribution in [1.82, 2.24) is 4.90 Å². The van der Waals surface area contributed by atoms with Crippen LogP contribution < -0.4 is 11.1 Å². The van der Waals surface area contributed by atoms with Crippen LogP contribution in [-0.2, 0) is 4.79 Å². The minimum absolute atomic E-state index is 0.0466. The number of carbonyl (C=O) groups excluding carboxylic acids is 1. The fourth-order valence-electron chi connectivity index (χ4n) is 2.65. The average Bonchev–Trinajstić information content (AvgIpc) is 2.88. The number of aliphatic hydroxyl groups is 1. The third-order valence-corrected chi connectivity index (χ3v) is 4.09. The van der Waals surface area contributed by atoms with E-state index in [-0.39, 0.29) is 12.5 Å². The number of rotatable bonds is 6. The van der Waals surface area contributed by atoms with Gasteiger partial charge in [0.1, 0.15) is 0 Å². The normalized spacial score (nSPS) is 18.9. The Morgan fingerprint density at radius 2 is 2.33 bits per heavy atom. The van der Waals surface area contributed by atoms with Gasteiger partial charge in [0, 0.05) is 31.1 Å². The largest absolute Gasteiger partial charge is 0.397 e. The molecular weight excluding hydrogens is 290 g/mol. The Bertz CT molecular complexity index is 496. The lowest BCUT2D eigenvalue weighted by Crippen LogP contribution is -2.26. The molecule has 1 aromatic carbocycles. The van der Waals surface area contributed by atoms with E-state index in [1.807, 2.05) is 0 Å². The number of nitrogens with two attached hydrogens (primary N) is 1. The molecule has 1 aliphatic heterocycles. The molecule has 4 N–H and O–H groups in total. The molecule has 1 aromatic rings. The summed E-state index contributed by atoms with van der Waals surface area (Å²) < 4.78 is 0. The Labute approximate surface area is 130 Å². The second-order valence-electron chi connectivity index (χ2n) is 5.50. The van der Waals surface area contributed by atoms with E-state index < -0.39 is 0 Å². The summed E-state index contributed by atoms with van der Waals surface area (Å²) in [6.07, 6.45) is 2.39. The molecule has 0 aromatic heterocycles. The number of halogens is 1. The van der Waals surface area contributed by atoms with Crippen molar-refractivity contribution >= 4 is 28.9 Å². The van der Waals surface area contributed by atoms with Gasteiger partial charge < -0.3 is 21.1 Å². The van der Waals surface area contributed by atoms with Gasteiger partial charge >= 0.3 is 0 Å². The zero-order chi connectivity index (χ0) is 15.2. The molecule has 0 aliphatic carbocycles. The quantitative estimate of drug-likeness (QED) is 0.702. The fourth-order valence-corrected chi connectivity index (χ4v) is 2.83. The predicted molar refractivity (Wildman–Crippen MR) is 85.4 cm³/mol. The van der Waals surface area contributed by atoms with Gasteiger partial charge in [0.05, 0.1) is 11.4 Å². The molecule has 1 unspecified atom stereocenters. The number of hydrogen-bond acceptors (Lipinski definition) is 4. The van der Waals surface area contributed by atoms with E-state index in [0.717, 1.165) is 32.5 Å². The first-order valence-electron chi connectivity index (χ1n) is 7.26. The third-order valence-electron chi connectivity index (χ3n) is 3.85. The lowest BCUT2D eigenvalue weighted by atomic mass is 10.1. The van der Waals surface area contributed by atoms with Gasteiger partial charge in [0.2, 0.25) is 5.91 Å². The van der Waals surface area contributed by atoms with Crippen LogP contribution in [0.2, 0.25) is 5.02 Å². The van der Waals surface area contributed by atoms with Gasteiger partial charge in [-0.15, -0.1) is 0 Å². The molecule has 1 fully saturated rings. The molecule has 6 heteroatoms. The summed E-state index contributed by atoms with van der Waals surface area (Å²) in [4.78, 5) is 14.2. The number of likely N-dealkylation sites (tertiary alicyclic amines) is 1. The van der Waals surface area contributed by atoms with Crippen LogP contribution in [0.25, 0.3) is 0 Å². The fraction of sp³-hybridized carbons (Fsp3) is 0.533. The van der Waals surface area contributed by atoms with Crippen molar-refractivity contribution in [2.45, 2.75) is 19.3 Å². The SMILES string of the molecule is Nc1cc(Cl)ccc1NC(=O)CCN1CCC(CCO)C1. The monoisotopic (exact) mass is 311 g/mol. The molecule has 0 saturated carbocycles. The van der Waals surface area contributed by atoms with Gasteiger partial charge in [-0.2, -0.15) is 0 Å². The summed E-state index contributed by atoms with van der Waals surface area (Å²) in [5, 5.41) is 12.3. The summed E-state index contributed by atoms with van der Waals surface area (Å²) >= 11 is 5.82. The average molecular weight is 312 g/mol. The molecule has 1 heterocycles.